The van der Waals surface area contributed by atoms with Crippen LogP contribution in [0.15, 0.2) is 57.9 Å². The molecule has 174 valence electrons. The Bertz CT molecular complexity index is 1220. The number of aromatic nitrogens is 2. The van der Waals surface area contributed by atoms with Crippen molar-refractivity contribution in [3.8, 4) is 11.4 Å². The van der Waals surface area contributed by atoms with E-state index in [9.17, 15) is 13.2 Å². The molecule has 3 aromatic rings. The first kappa shape index (κ1) is 23.4. The predicted octanol–water partition coefficient (Wildman–Crippen LogP) is 3.77. The number of sulfonamides is 1. The third-order valence-corrected chi connectivity index (χ3v) is 7.54. The van der Waals surface area contributed by atoms with Gasteiger partial charge < -0.3 is 9.42 Å². The molecule has 0 aliphatic carbocycles. The molecule has 1 unspecified atom stereocenters. The Balaban J connectivity index is 1.34. The van der Waals surface area contributed by atoms with E-state index < -0.39 is 16.1 Å². The molecule has 0 bridgehead atoms. The van der Waals surface area contributed by atoms with Crippen LogP contribution in [0.2, 0.25) is 5.02 Å². The second kappa shape index (κ2) is 9.62. The third kappa shape index (κ3) is 5.43. The molecule has 2 heterocycles. The number of piperidine rings is 1. The maximum Gasteiger partial charge on any atom is 0.241 e. The molecule has 1 aliphatic heterocycles. The molecule has 0 radical (unpaired) electrons. The molecule has 2 aromatic carbocycles. The molecular weight excluding hydrogens is 464 g/mol. The van der Waals surface area contributed by atoms with Crippen LogP contribution in [0.1, 0.15) is 37.1 Å². The molecular formula is C23H25ClN4O4S. The Kier molecular flexibility index (Phi) is 6.83. The van der Waals surface area contributed by atoms with Crippen LogP contribution in [0.4, 0.5) is 0 Å². The molecule has 0 spiro atoms. The number of halogens is 1. The summed E-state index contributed by atoms with van der Waals surface area (Å²) in [4.78, 5) is 19.2. The normalized spacial score (nSPS) is 16.0. The van der Waals surface area contributed by atoms with E-state index in [4.69, 9.17) is 16.1 Å². The minimum Gasteiger partial charge on any atom is -0.341 e. The van der Waals surface area contributed by atoms with Crippen molar-refractivity contribution in [3.63, 3.8) is 0 Å². The average Bonchev–Trinajstić information content (AvgIpc) is 3.29. The summed E-state index contributed by atoms with van der Waals surface area (Å²) >= 11 is 5.93. The quantitative estimate of drug-likeness (QED) is 0.566. The van der Waals surface area contributed by atoms with E-state index in [1.165, 1.54) is 12.1 Å². The smallest absolute Gasteiger partial charge is 0.241 e. The van der Waals surface area contributed by atoms with E-state index in [-0.39, 0.29) is 16.7 Å². The number of carbonyl (C=O) groups excluding carboxylic acids is 1. The number of nitrogens with zero attached hydrogens (tertiary/aromatic N) is 3. The molecule has 4 rings (SSSR count). The summed E-state index contributed by atoms with van der Waals surface area (Å²) in [5.41, 5.74) is 1.78. The van der Waals surface area contributed by atoms with Gasteiger partial charge in [0.25, 0.3) is 0 Å². The number of carbonyl (C=O) groups is 1. The fourth-order valence-electron chi connectivity index (χ4n) is 3.81. The van der Waals surface area contributed by atoms with Gasteiger partial charge in [-0.15, -0.1) is 0 Å². The molecule has 33 heavy (non-hydrogen) atoms. The summed E-state index contributed by atoms with van der Waals surface area (Å²) in [5.74, 6) is 0.832. The van der Waals surface area contributed by atoms with Crippen LogP contribution < -0.4 is 4.72 Å². The van der Waals surface area contributed by atoms with Crippen LogP contribution in [0.25, 0.3) is 11.4 Å². The van der Waals surface area contributed by atoms with Gasteiger partial charge in [-0.3, -0.25) is 4.79 Å². The number of likely N-dealkylation sites (tertiary alicyclic amines) is 1. The molecule has 1 atom stereocenters. The molecule has 8 nitrogen and oxygen atoms in total. The maximum atomic E-state index is 12.9. The van der Waals surface area contributed by atoms with Gasteiger partial charge >= 0.3 is 0 Å². The largest absolute Gasteiger partial charge is 0.341 e. The average molecular weight is 489 g/mol. The van der Waals surface area contributed by atoms with Gasteiger partial charge in [0, 0.05) is 29.6 Å². The monoisotopic (exact) mass is 488 g/mol. The van der Waals surface area contributed by atoms with E-state index in [1.54, 1.807) is 36.1 Å². The number of hydrogen-bond donors (Lipinski definition) is 1. The van der Waals surface area contributed by atoms with Crippen LogP contribution in [-0.2, 0) is 14.8 Å². The van der Waals surface area contributed by atoms with Crippen LogP contribution in [0.5, 0.6) is 0 Å². The van der Waals surface area contributed by atoms with Gasteiger partial charge in [0.05, 0.1) is 10.9 Å². The first-order valence-electron chi connectivity index (χ1n) is 10.7. The maximum absolute atomic E-state index is 12.9. The van der Waals surface area contributed by atoms with E-state index >= 15 is 0 Å². The van der Waals surface area contributed by atoms with Gasteiger partial charge in [0.2, 0.25) is 27.6 Å². The standard InChI is InChI=1S/C23H25ClN4O4S/c1-15-3-9-20(10-4-15)33(30,31)27-16(2)23(29)28-13-11-18(12-14-28)22-25-21(26-32-22)17-5-7-19(24)8-6-17/h3-10,16,18,27H,11-14H2,1-2H3. The minimum absolute atomic E-state index is 0.0437. The first-order valence-corrected chi connectivity index (χ1v) is 12.6. The minimum atomic E-state index is -3.78. The van der Waals surface area contributed by atoms with E-state index in [0.29, 0.717) is 42.7 Å². The lowest BCUT2D eigenvalue weighted by Gasteiger charge is -2.32. The van der Waals surface area contributed by atoms with E-state index in [2.05, 4.69) is 14.9 Å². The molecule has 1 saturated heterocycles. The van der Waals surface area contributed by atoms with Gasteiger partial charge in [-0.05, 0) is 63.1 Å². The Hall–Kier alpha value is -2.75. The van der Waals surface area contributed by atoms with Gasteiger partial charge in [-0.25, -0.2) is 8.42 Å². The molecule has 1 aromatic heterocycles. The highest BCUT2D eigenvalue weighted by Gasteiger charge is 2.31. The molecule has 1 N–H and O–H groups in total. The van der Waals surface area contributed by atoms with Gasteiger partial charge in [-0.2, -0.15) is 9.71 Å². The lowest BCUT2D eigenvalue weighted by molar-refractivity contribution is -0.133. The Labute approximate surface area is 198 Å². The highest BCUT2D eigenvalue weighted by Crippen LogP contribution is 2.29. The summed E-state index contributed by atoms with van der Waals surface area (Å²) in [5, 5.41) is 4.70. The van der Waals surface area contributed by atoms with Crippen molar-refractivity contribution in [1.82, 2.24) is 19.8 Å². The molecule has 10 heteroatoms. The summed E-state index contributed by atoms with van der Waals surface area (Å²) in [6.45, 7) is 4.42. The lowest BCUT2D eigenvalue weighted by atomic mass is 9.96. The Morgan fingerprint density at radius 2 is 1.76 bits per heavy atom. The zero-order valence-electron chi connectivity index (χ0n) is 18.4. The number of hydrogen-bond acceptors (Lipinski definition) is 6. The van der Waals surface area contributed by atoms with E-state index in [0.717, 1.165) is 11.1 Å². The van der Waals surface area contributed by atoms with Crippen LogP contribution in [0.3, 0.4) is 0 Å². The lowest BCUT2D eigenvalue weighted by Crippen LogP contribution is -2.49. The SMILES string of the molecule is Cc1ccc(S(=O)(=O)NC(C)C(=O)N2CCC(c3nc(-c4ccc(Cl)cc4)no3)CC2)cc1. The van der Waals surface area contributed by atoms with Crippen molar-refractivity contribution in [3.05, 3.63) is 65.0 Å². The summed E-state index contributed by atoms with van der Waals surface area (Å²) in [6, 6.07) is 12.8. The molecule has 1 amide bonds. The number of nitrogens with one attached hydrogen (secondary N) is 1. The Morgan fingerprint density at radius 1 is 1.12 bits per heavy atom. The Morgan fingerprint density at radius 3 is 2.39 bits per heavy atom. The van der Waals surface area contributed by atoms with Crippen molar-refractivity contribution in [2.75, 3.05) is 13.1 Å². The summed E-state index contributed by atoms with van der Waals surface area (Å²) < 4.78 is 33.2. The van der Waals surface area contributed by atoms with Gasteiger partial charge in [0.1, 0.15) is 0 Å². The van der Waals surface area contributed by atoms with Crippen LogP contribution in [0, 0.1) is 6.92 Å². The van der Waals surface area contributed by atoms with Crippen molar-refractivity contribution < 1.29 is 17.7 Å². The van der Waals surface area contributed by atoms with Crippen molar-refractivity contribution in [2.24, 2.45) is 0 Å². The topological polar surface area (TPSA) is 105 Å². The second-order valence-electron chi connectivity index (χ2n) is 8.22. The number of amides is 1. The highest BCUT2D eigenvalue weighted by molar-refractivity contribution is 7.89. The molecule has 0 saturated carbocycles. The zero-order chi connectivity index (χ0) is 23.6. The molecule has 1 aliphatic rings. The van der Waals surface area contributed by atoms with E-state index in [1.807, 2.05) is 19.1 Å². The third-order valence-electron chi connectivity index (χ3n) is 5.73. The number of aryl methyl sites for hydroxylation is 1. The fourth-order valence-corrected chi connectivity index (χ4v) is 5.13. The fraction of sp³-hybridized carbons (Fsp3) is 0.348. The van der Waals surface area contributed by atoms with Crippen molar-refractivity contribution >= 4 is 27.5 Å². The van der Waals surface area contributed by atoms with Crippen molar-refractivity contribution in [2.45, 2.75) is 43.5 Å². The zero-order valence-corrected chi connectivity index (χ0v) is 19.9. The van der Waals surface area contributed by atoms with Crippen molar-refractivity contribution in [1.29, 1.82) is 0 Å². The highest BCUT2D eigenvalue weighted by atomic mass is 35.5. The summed E-state index contributed by atoms with van der Waals surface area (Å²) in [6.07, 6.45) is 1.32. The van der Waals surface area contributed by atoms with Crippen LogP contribution >= 0.6 is 11.6 Å². The molecule has 1 fully saturated rings. The van der Waals surface area contributed by atoms with Gasteiger partial charge in [-0.1, -0.05) is 34.5 Å². The predicted molar refractivity (Wildman–Crippen MR) is 124 cm³/mol. The second-order valence-corrected chi connectivity index (χ2v) is 10.4. The van der Waals surface area contributed by atoms with Crippen LogP contribution in [-0.4, -0.2) is 48.5 Å². The van der Waals surface area contributed by atoms with Gasteiger partial charge in [0.15, 0.2) is 0 Å². The number of rotatable bonds is 6. The summed E-state index contributed by atoms with van der Waals surface area (Å²) in [7, 11) is -3.78. The first-order chi connectivity index (χ1) is 15.7. The number of benzene rings is 2.